The zero-order valence-corrected chi connectivity index (χ0v) is 18.7. The molecule has 33 heavy (non-hydrogen) atoms. The van der Waals surface area contributed by atoms with Crippen molar-refractivity contribution in [2.45, 2.75) is 20.4 Å². The van der Waals surface area contributed by atoms with Crippen LogP contribution in [0.1, 0.15) is 27.5 Å². The summed E-state index contributed by atoms with van der Waals surface area (Å²) >= 11 is 0. The van der Waals surface area contributed by atoms with Crippen molar-refractivity contribution in [3.63, 3.8) is 0 Å². The van der Waals surface area contributed by atoms with Gasteiger partial charge in [-0.25, -0.2) is 9.67 Å². The molecule has 1 amide bonds. The summed E-state index contributed by atoms with van der Waals surface area (Å²) < 4.78 is 18.0. The summed E-state index contributed by atoms with van der Waals surface area (Å²) in [5, 5.41) is 10.8. The number of amides is 1. The molecule has 0 aliphatic rings. The first-order chi connectivity index (χ1) is 15.9. The summed E-state index contributed by atoms with van der Waals surface area (Å²) in [5.74, 6) is 1.89. The molecule has 2 aromatic heterocycles. The van der Waals surface area contributed by atoms with Gasteiger partial charge in [-0.05, 0) is 37.6 Å². The molecule has 0 bridgehead atoms. The Hall–Kier alpha value is -4.34. The van der Waals surface area contributed by atoms with Crippen molar-refractivity contribution < 1.29 is 18.7 Å². The van der Waals surface area contributed by atoms with Gasteiger partial charge < -0.3 is 24.9 Å². The molecule has 4 rings (SSSR count). The van der Waals surface area contributed by atoms with E-state index in [1.165, 1.54) is 4.68 Å². The molecular formula is C23H24N6O4. The van der Waals surface area contributed by atoms with E-state index < -0.39 is 5.91 Å². The molecule has 10 nitrogen and oxygen atoms in total. The lowest BCUT2D eigenvalue weighted by atomic mass is 10.2. The second kappa shape index (κ2) is 9.03. The standard InChI is InChI=1S/C23H24N6O4/c1-13-7-5-6-8-17(13)25-22(30)20-21(24)29(28-27-20)12-18-14(2)33-23(26-18)16-10-9-15(31-3)11-19(16)32-4/h5-11H,12,24H2,1-4H3,(H,25,30). The largest absolute Gasteiger partial charge is 0.497 e. The van der Waals surface area contributed by atoms with E-state index in [0.29, 0.717) is 40.1 Å². The number of hydrogen-bond acceptors (Lipinski definition) is 8. The molecule has 0 fully saturated rings. The van der Waals surface area contributed by atoms with Gasteiger partial charge in [0.1, 0.15) is 23.0 Å². The predicted molar refractivity (Wildman–Crippen MR) is 122 cm³/mol. The Balaban J connectivity index is 1.56. The van der Waals surface area contributed by atoms with E-state index in [9.17, 15) is 4.79 Å². The lowest BCUT2D eigenvalue weighted by molar-refractivity contribution is 0.102. The number of benzene rings is 2. The van der Waals surface area contributed by atoms with E-state index in [-0.39, 0.29) is 18.1 Å². The molecule has 0 atom stereocenters. The first-order valence-corrected chi connectivity index (χ1v) is 10.2. The fourth-order valence-electron chi connectivity index (χ4n) is 3.30. The molecule has 3 N–H and O–H groups in total. The van der Waals surface area contributed by atoms with E-state index in [2.05, 4.69) is 20.6 Å². The Morgan fingerprint density at radius 1 is 1.15 bits per heavy atom. The molecule has 0 spiro atoms. The molecule has 2 heterocycles. The Morgan fingerprint density at radius 2 is 1.94 bits per heavy atom. The summed E-state index contributed by atoms with van der Waals surface area (Å²) in [6.45, 7) is 3.88. The Labute approximate surface area is 190 Å². The number of methoxy groups -OCH3 is 2. The molecule has 0 saturated carbocycles. The van der Waals surface area contributed by atoms with Crippen LogP contribution in [0, 0.1) is 13.8 Å². The molecule has 10 heteroatoms. The number of hydrogen-bond donors (Lipinski definition) is 2. The summed E-state index contributed by atoms with van der Waals surface area (Å²) in [5.41, 5.74) is 9.10. The van der Waals surface area contributed by atoms with Gasteiger partial charge in [0.25, 0.3) is 5.91 Å². The molecule has 4 aromatic rings. The summed E-state index contributed by atoms with van der Waals surface area (Å²) in [6.07, 6.45) is 0. The van der Waals surface area contributed by atoms with Gasteiger partial charge >= 0.3 is 0 Å². The lowest BCUT2D eigenvalue weighted by Crippen LogP contribution is -2.16. The van der Waals surface area contributed by atoms with E-state index in [1.54, 1.807) is 33.3 Å². The van der Waals surface area contributed by atoms with Crippen LogP contribution in [-0.2, 0) is 6.54 Å². The van der Waals surface area contributed by atoms with Gasteiger partial charge in [0.15, 0.2) is 11.5 Å². The number of para-hydroxylation sites is 1. The minimum absolute atomic E-state index is 0.0384. The normalized spacial score (nSPS) is 10.8. The minimum Gasteiger partial charge on any atom is -0.497 e. The number of anilines is 2. The lowest BCUT2D eigenvalue weighted by Gasteiger charge is -2.07. The average molecular weight is 448 g/mol. The van der Waals surface area contributed by atoms with Crippen LogP contribution >= 0.6 is 0 Å². The van der Waals surface area contributed by atoms with Gasteiger partial charge in [-0.3, -0.25) is 4.79 Å². The zero-order chi connectivity index (χ0) is 23.5. The van der Waals surface area contributed by atoms with Crippen LogP contribution in [0.15, 0.2) is 46.9 Å². The summed E-state index contributed by atoms with van der Waals surface area (Å²) in [4.78, 5) is 17.2. The highest BCUT2D eigenvalue weighted by Crippen LogP contribution is 2.34. The number of nitrogens with zero attached hydrogens (tertiary/aromatic N) is 4. The van der Waals surface area contributed by atoms with Gasteiger partial charge in [0.05, 0.1) is 26.3 Å². The summed E-state index contributed by atoms with van der Waals surface area (Å²) in [7, 11) is 3.15. The third kappa shape index (κ3) is 4.36. The van der Waals surface area contributed by atoms with Crippen molar-refractivity contribution >= 4 is 17.4 Å². The highest BCUT2D eigenvalue weighted by molar-refractivity contribution is 6.06. The molecule has 0 aliphatic heterocycles. The Kier molecular flexibility index (Phi) is 5.99. The van der Waals surface area contributed by atoms with Crippen molar-refractivity contribution in [3.8, 4) is 23.0 Å². The van der Waals surface area contributed by atoms with E-state index in [4.69, 9.17) is 19.6 Å². The van der Waals surface area contributed by atoms with Crippen LogP contribution in [0.4, 0.5) is 11.5 Å². The van der Waals surface area contributed by atoms with Gasteiger partial charge in [0, 0.05) is 11.8 Å². The number of nitrogen functional groups attached to an aromatic ring is 1. The Bertz CT molecular complexity index is 1310. The quantitative estimate of drug-likeness (QED) is 0.440. The van der Waals surface area contributed by atoms with E-state index in [0.717, 1.165) is 5.56 Å². The number of oxazole rings is 1. The van der Waals surface area contributed by atoms with Crippen molar-refractivity contribution in [3.05, 3.63) is 65.2 Å². The fraction of sp³-hybridized carbons (Fsp3) is 0.217. The fourth-order valence-corrected chi connectivity index (χ4v) is 3.30. The van der Waals surface area contributed by atoms with Crippen molar-refractivity contribution in [2.75, 3.05) is 25.3 Å². The van der Waals surface area contributed by atoms with Gasteiger partial charge in [-0.1, -0.05) is 23.4 Å². The molecule has 170 valence electrons. The second-order valence-corrected chi connectivity index (χ2v) is 7.34. The minimum atomic E-state index is -0.436. The van der Waals surface area contributed by atoms with Crippen LogP contribution in [0.2, 0.25) is 0 Å². The van der Waals surface area contributed by atoms with Crippen molar-refractivity contribution in [2.24, 2.45) is 0 Å². The maximum absolute atomic E-state index is 12.7. The first kappa shape index (κ1) is 21.9. The molecule has 2 aromatic carbocycles. The monoisotopic (exact) mass is 448 g/mol. The number of carbonyl (C=O) groups excluding carboxylic acids is 1. The summed E-state index contributed by atoms with van der Waals surface area (Å²) in [6, 6.07) is 12.8. The maximum Gasteiger partial charge on any atom is 0.280 e. The number of nitrogens with one attached hydrogen (secondary N) is 1. The van der Waals surface area contributed by atoms with Crippen LogP contribution in [0.25, 0.3) is 11.5 Å². The van der Waals surface area contributed by atoms with Gasteiger partial charge in [-0.15, -0.1) is 5.10 Å². The average Bonchev–Trinajstić information content (AvgIpc) is 3.37. The van der Waals surface area contributed by atoms with Crippen LogP contribution in [-0.4, -0.2) is 40.1 Å². The van der Waals surface area contributed by atoms with Gasteiger partial charge in [-0.2, -0.15) is 0 Å². The maximum atomic E-state index is 12.7. The first-order valence-electron chi connectivity index (χ1n) is 10.2. The third-order valence-corrected chi connectivity index (χ3v) is 5.21. The van der Waals surface area contributed by atoms with Crippen LogP contribution in [0.3, 0.4) is 0 Å². The third-order valence-electron chi connectivity index (χ3n) is 5.21. The topological polar surface area (TPSA) is 130 Å². The number of carbonyl (C=O) groups is 1. The number of nitrogens with two attached hydrogens (primary N) is 1. The molecule has 0 saturated heterocycles. The molecule has 0 unspecified atom stereocenters. The highest BCUT2D eigenvalue weighted by atomic mass is 16.5. The second-order valence-electron chi connectivity index (χ2n) is 7.34. The van der Waals surface area contributed by atoms with Crippen LogP contribution in [0.5, 0.6) is 11.5 Å². The number of ether oxygens (including phenoxy) is 2. The van der Waals surface area contributed by atoms with E-state index in [1.807, 2.05) is 37.3 Å². The number of rotatable bonds is 7. The number of aromatic nitrogens is 4. The van der Waals surface area contributed by atoms with Gasteiger partial charge in [0.2, 0.25) is 5.89 Å². The number of aryl methyl sites for hydroxylation is 2. The predicted octanol–water partition coefficient (Wildman–Crippen LogP) is 3.45. The molecule has 0 radical (unpaired) electrons. The zero-order valence-electron chi connectivity index (χ0n) is 18.7. The molecule has 0 aliphatic carbocycles. The van der Waals surface area contributed by atoms with Crippen molar-refractivity contribution in [1.82, 2.24) is 20.0 Å². The van der Waals surface area contributed by atoms with Crippen LogP contribution < -0.4 is 20.5 Å². The highest BCUT2D eigenvalue weighted by Gasteiger charge is 2.21. The molecular weight excluding hydrogens is 424 g/mol. The smallest absolute Gasteiger partial charge is 0.280 e. The van der Waals surface area contributed by atoms with E-state index >= 15 is 0 Å². The SMILES string of the molecule is COc1ccc(-c2nc(Cn3nnc(C(=O)Nc4ccccc4C)c3N)c(C)o2)c(OC)c1. The van der Waals surface area contributed by atoms with Crippen molar-refractivity contribution in [1.29, 1.82) is 0 Å². The Morgan fingerprint density at radius 3 is 2.67 bits per heavy atom.